The molecule has 1 N–H and O–H groups in total. The summed E-state index contributed by atoms with van der Waals surface area (Å²) in [6.07, 6.45) is 0. The van der Waals surface area contributed by atoms with Crippen molar-refractivity contribution in [1.82, 2.24) is 10.2 Å². The van der Waals surface area contributed by atoms with Crippen molar-refractivity contribution in [2.75, 3.05) is 19.6 Å². The molecule has 1 heterocycles. The van der Waals surface area contributed by atoms with Crippen molar-refractivity contribution in [3.63, 3.8) is 0 Å². The van der Waals surface area contributed by atoms with Crippen LogP contribution in [0.4, 0.5) is 0 Å². The molecule has 1 aromatic heterocycles. The Morgan fingerprint density at radius 1 is 1.50 bits per heavy atom. The minimum Gasteiger partial charge on any atom is -0.342 e. The molecule has 0 aliphatic rings. The molecule has 0 saturated carbocycles. The molecule has 0 aromatic carbocycles. The fourth-order valence-corrected chi connectivity index (χ4v) is 2.33. The van der Waals surface area contributed by atoms with E-state index in [0.717, 1.165) is 13.1 Å². The zero-order valence-electron chi connectivity index (χ0n) is 10.2. The lowest BCUT2D eigenvalue weighted by Gasteiger charge is -2.20. The van der Waals surface area contributed by atoms with Crippen LogP contribution in [0.25, 0.3) is 0 Å². The molecule has 1 aromatic rings. The van der Waals surface area contributed by atoms with E-state index in [1.165, 1.54) is 4.88 Å². The van der Waals surface area contributed by atoms with Gasteiger partial charge in [0.25, 0.3) is 0 Å². The van der Waals surface area contributed by atoms with Gasteiger partial charge < -0.3 is 10.2 Å². The van der Waals surface area contributed by atoms with Crippen molar-refractivity contribution in [3.8, 4) is 0 Å². The number of hydrogen-bond donors (Lipinski definition) is 1. The van der Waals surface area contributed by atoms with Gasteiger partial charge in [0.15, 0.2) is 0 Å². The summed E-state index contributed by atoms with van der Waals surface area (Å²) >= 11 is 1.72. The summed E-state index contributed by atoms with van der Waals surface area (Å²) in [5.41, 5.74) is 0. The maximum atomic E-state index is 11.7. The maximum absolute atomic E-state index is 11.7. The number of amides is 1. The summed E-state index contributed by atoms with van der Waals surface area (Å²) in [6, 6.07) is 4.37. The standard InChI is InChI=1S/C12H20N2OS/c1-4-14(5-2)12(15)9-13-10(3)11-7-6-8-16-11/h6-8,10,13H,4-5,9H2,1-3H3. The van der Waals surface area contributed by atoms with Crippen LogP contribution in [0.1, 0.15) is 31.7 Å². The monoisotopic (exact) mass is 240 g/mol. The summed E-state index contributed by atoms with van der Waals surface area (Å²) in [5, 5.41) is 5.31. The molecule has 0 bridgehead atoms. The van der Waals surface area contributed by atoms with Gasteiger partial charge in [-0.1, -0.05) is 6.07 Å². The molecule has 0 aliphatic heterocycles. The Labute approximate surface area is 101 Å². The zero-order chi connectivity index (χ0) is 12.0. The smallest absolute Gasteiger partial charge is 0.236 e. The predicted octanol–water partition coefficient (Wildman–Crippen LogP) is 2.27. The van der Waals surface area contributed by atoms with Crippen LogP contribution in [0, 0.1) is 0 Å². The molecule has 1 amide bonds. The molecule has 0 spiro atoms. The Kier molecular flexibility index (Phi) is 5.49. The maximum Gasteiger partial charge on any atom is 0.236 e. The number of carbonyl (C=O) groups excluding carboxylic acids is 1. The summed E-state index contributed by atoms with van der Waals surface area (Å²) in [6.45, 7) is 8.07. The van der Waals surface area contributed by atoms with Crippen molar-refractivity contribution >= 4 is 17.2 Å². The third-order valence-corrected chi connectivity index (χ3v) is 3.70. The quantitative estimate of drug-likeness (QED) is 0.827. The third-order valence-electron chi connectivity index (χ3n) is 2.65. The number of nitrogens with zero attached hydrogens (tertiary/aromatic N) is 1. The van der Waals surface area contributed by atoms with E-state index in [-0.39, 0.29) is 11.9 Å². The van der Waals surface area contributed by atoms with Crippen molar-refractivity contribution in [2.24, 2.45) is 0 Å². The fraction of sp³-hybridized carbons (Fsp3) is 0.583. The molecule has 1 rings (SSSR count). The molecule has 1 atom stereocenters. The van der Waals surface area contributed by atoms with E-state index in [0.29, 0.717) is 6.54 Å². The highest BCUT2D eigenvalue weighted by atomic mass is 32.1. The number of thiophene rings is 1. The first-order valence-electron chi connectivity index (χ1n) is 5.73. The van der Waals surface area contributed by atoms with Crippen molar-refractivity contribution < 1.29 is 4.79 Å². The first kappa shape index (κ1) is 13.2. The summed E-state index contributed by atoms with van der Waals surface area (Å²) in [4.78, 5) is 14.9. The molecule has 0 saturated heterocycles. The average Bonchev–Trinajstić information content (AvgIpc) is 2.81. The minimum atomic E-state index is 0.174. The molecular weight excluding hydrogens is 220 g/mol. The van der Waals surface area contributed by atoms with E-state index in [4.69, 9.17) is 0 Å². The number of carbonyl (C=O) groups is 1. The lowest BCUT2D eigenvalue weighted by molar-refractivity contribution is -0.129. The molecule has 3 nitrogen and oxygen atoms in total. The number of hydrogen-bond acceptors (Lipinski definition) is 3. The highest BCUT2D eigenvalue weighted by Gasteiger charge is 2.11. The molecular formula is C12H20N2OS. The molecule has 0 aliphatic carbocycles. The number of likely N-dealkylation sites (N-methyl/N-ethyl adjacent to an activating group) is 1. The first-order valence-corrected chi connectivity index (χ1v) is 6.61. The van der Waals surface area contributed by atoms with Crippen LogP contribution in [0.2, 0.25) is 0 Å². The number of nitrogens with one attached hydrogen (secondary N) is 1. The van der Waals surface area contributed by atoms with E-state index in [9.17, 15) is 4.79 Å². The van der Waals surface area contributed by atoms with Crippen LogP contribution >= 0.6 is 11.3 Å². The molecule has 1 unspecified atom stereocenters. The lowest BCUT2D eigenvalue weighted by atomic mass is 10.3. The highest BCUT2D eigenvalue weighted by Crippen LogP contribution is 2.17. The van der Waals surface area contributed by atoms with Crippen molar-refractivity contribution in [1.29, 1.82) is 0 Å². The van der Waals surface area contributed by atoms with E-state index in [2.05, 4.69) is 23.7 Å². The van der Waals surface area contributed by atoms with Gasteiger partial charge in [0.1, 0.15) is 0 Å². The topological polar surface area (TPSA) is 32.3 Å². The van der Waals surface area contributed by atoms with E-state index < -0.39 is 0 Å². The third kappa shape index (κ3) is 3.61. The van der Waals surface area contributed by atoms with Gasteiger partial charge in [0.2, 0.25) is 5.91 Å². The Hall–Kier alpha value is -0.870. The Morgan fingerprint density at radius 2 is 2.19 bits per heavy atom. The molecule has 90 valence electrons. The highest BCUT2D eigenvalue weighted by molar-refractivity contribution is 7.10. The van der Waals surface area contributed by atoms with E-state index in [1.807, 2.05) is 24.8 Å². The zero-order valence-corrected chi connectivity index (χ0v) is 11.0. The molecule has 0 fully saturated rings. The van der Waals surface area contributed by atoms with Crippen LogP contribution < -0.4 is 5.32 Å². The van der Waals surface area contributed by atoms with Gasteiger partial charge in [0.05, 0.1) is 6.54 Å². The van der Waals surface area contributed by atoms with E-state index >= 15 is 0 Å². The van der Waals surface area contributed by atoms with Gasteiger partial charge in [-0.15, -0.1) is 11.3 Å². The second-order valence-electron chi connectivity index (χ2n) is 3.68. The summed E-state index contributed by atoms with van der Waals surface area (Å²) < 4.78 is 0. The van der Waals surface area contributed by atoms with Crippen LogP contribution in [-0.4, -0.2) is 30.4 Å². The molecule has 16 heavy (non-hydrogen) atoms. The Morgan fingerprint density at radius 3 is 2.69 bits per heavy atom. The van der Waals surface area contributed by atoms with Crippen LogP contribution in [0.5, 0.6) is 0 Å². The van der Waals surface area contributed by atoms with Gasteiger partial charge >= 0.3 is 0 Å². The van der Waals surface area contributed by atoms with Crippen molar-refractivity contribution in [3.05, 3.63) is 22.4 Å². The first-order chi connectivity index (χ1) is 7.69. The van der Waals surface area contributed by atoms with Crippen molar-refractivity contribution in [2.45, 2.75) is 26.8 Å². The van der Waals surface area contributed by atoms with Gasteiger partial charge in [-0.25, -0.2) is 0 Å². The average molecular weight is 240 g/mol. The molecule has 0 radical (unpaired) electrons. The predicted molar refractivity (Wildman–Crippen MR) is 68.7 cm³/mol. The van der Waals surface area contributed by atoms with Crippen LogP contribution in [0.3, 0.4) is 0 Å². The Balaban J connectivity index is 2.37. The van der Waals surface area contributed by atoms with Gasteiger partial charge in [-0.05, 0) is 32.2 Å². The van der Waals surface area contributed by atoms with E-state index in [1.54, 1.807) is 11.3 Å². The second kappa shape index (κ2) is 6.66. The van der Waals surface area contributed by atoms with Gasteiger partial charge in [-0.3, -0.25) is 4.79 Å². The SMILES string of the molecule is CCN(CC)C(=O)CNC(C)c1cccs1. The normalized spacial score (nSPS) is 12.4. The van der Waals surface area contributed by atoms with Gasteiger partial charge in [0, 0.05) is 24.0 Å². The largest absolute Gasteiger partial charge is 0.342 e. The Bertz CT molecular complexity index is 307. The lowest BCUT2D eigenvalue weighted by Crippen LogP contribution is -2.38. The van der Waals surface area contributed by atoms with Crippen LogP contribution in [0.15, 0.2) is 17.5 Å². The molecule has 4 heteroatoms. The van der Waals surface area contributed by atoms with Gasteiger partial charge in [-0.2, -0.15) is 0 Å². The summed E-state index contributed by atoms with van der Waals surface area (Å²) in [7, 11) is 0. The fourth-order valence-electron chi connectivity index (χ4n) is 1.57. The number of rotatable bonds is 6. The summed E-state index contributed by atoms with van der Waals surface area (Å²) in [5.74, 6) is 0.174. The van der Waals surface area contributed by atoms with Crippen LogP contribution in [-0.2, 0) is 4.79 Å². The minimum absolute atomic E-state index is 0.174. The second-order valence-corrected chi connectivity index (χ2v) is 4.66.